The predicted molar refractivity (Wildman–Crippen MR) is 82.3 cm³/mol. The number of nitrogens with zero attached hydrogens (tertiary/aromatic N) is 3. The minimum Gasteiger partial charge on any atom is -0.474 e. The van der Waals surface area contributed by atoms with Gasteiger partial charge in [-0.3, -0.25) is 4.98 Å². The van der Waals surface area contributed by atoms with Crippen molar-refractivity contribution in [2.24, 2.45) is 0 Å². The van der Waals surface area contributed by atoms with Gasteiger partial charge in [0.15, 0.2) is 5.75 Å². The second-order valence-electron chi connectivity index (χ2n) is 4.46. The Morgan fingerprint density at radius 1 is 1.10 bits per heavy atom. The molecule has 2 aromatic rings. The SMILES string of the molecule is C=Cc1ncccc1Oc1ncnc(OC(C)C)c1C=C. The van der Waals surface area contributed by atoms with Crippen LogP contribution in [0.4, 0.5) is 0 Å². The molecule has 2 aromatic heterocycles. The van der Waals surface area contributed by atoms with Crippen molar-refractivity contribution in [3.05, 3.63) is 49.1 Å². The van der Waals surface area contributed by atoms with Crippen LogP contribution in [0.5, 0.6) is 17.5 Å². The lowest BCUT2D eigenvalue weighted by Gasteiger charge is -2.14. The molecule has 0 bridgehead atoms. The van der Waals surface area contributed by atoms with Gasteiger partial charge in [-0.2, -0.15) is 0 Å². The molecule has 0 saturated heterocycles. The molecular formula is C16H17N3O2. The fourth-order valence-electron chi connectivity index (χ4n) is 1.68. The average molecular weight is 283 g/mol. The summed E-state index contributed by atoms with van der Waals surface area (Å²) in [4.78, 5) is 12.4. The van der Waals surface area contributed by atoms with Gasteiger partial charge in [0.1, 0.15) is 12.0 Å². The van der Waals surface area contributed by atoms with Crippen LogP contribution in [0.3, 0.4) is 0 Å². The largest absolute Gasteiger partial charge is 0.474 e. The number of aromatic nitrogens is 3. The average Bonchev–Trinajstić information content (AvgIpc) is 2.47. The molecule has 0 aliphatic carbocycles. The summed E-state index contributed by atoms with van der Waals surface area (Å²) in [6.45, 7) is 11.3. The molecule has 0 fully saturated rings. The van der Waals surface area contributed by atoms with Crippen molar-refractivity contribution in [2.45, 2.75) is 20.0 Å². The van der Waals surface area contributed by atoms with Crippen molar-refractivity contribution >= 4 is 12.2 Å². The molecule has 5 heteroatoms. The maximum atomic E-state index is 5.81. The summed E-state index contributed by atoms with van der Waals surface area (Å²) in [5.41, 5.74) is 1.24. The Morgan fingerprint density at radius 3 is 2.52 bits per heavy atom. The molecule has 108 valence electrons. The molecule has 0 amide bonds. The molecule has 0 unspecified atom stereocenters. The van der Waals surface area contributed by atoms with Crippen LogP contribution >= 0.6 is 0 Å². The summed E-state index contributed by atoms with van der Waals surface area (Å²) in [6.07, 6.45) is 6.29. The molecule has 21 heavy (non-hydrogen) atoms. The number of pyridine rings is 1. The Morgan fingerprint density at radius 2 is 1.86 bits per heavy atom. The van der Waals surface area contributed by atoms with E-state index in [0.717, 1.165) is 0 Å². The van der Waals surface area contributed by atoms with Crippen LogP contribution in [0.2, 0.25) is 0 Å². The number of hydrogen-bond donors (Lipinski definition) is 0. The van der Waals surface area contributed by atoms with E-state index in [1.165, 1.54) is 6.33 Å². The van der Waals surface area contributed by atoms with Gasteiger partial charge in [-0.15, -0.1) is 0 Å². The smallest absolute Gasteiger partial charge is 0.233 e. The van der Waals surface area contributed by atoms with Crippen LogP contribution in [0.1, 0.15) is 25.1 Å². The third-order valence-corrected chi connectivity index (χ3v) is 2.56. The Hall–Kier alpha value is -2.69. The van der Waals surface area contributed by atoms with E-state index in [1.54, 1.807) is 30.5 Å². The van der Waals surface area contributed by atoms with Crippen LogP contribution in [0, 0.1) is 0 Å². The first kappa shape index (κ1) is 14.7. The first-order chi connectivity index (χ1) is 10.2. The van der Waals surface area contributed by atoms with Crippen molar-refractivity contribution in [3.8, 4) is 17.5 Å². The van der Waals surface area contributed by atoms with Gasteiger partial charge in [0.25, 0.3) is 0 Å². The van der Waals surface area contributed by atoms with E-state index in [0.29, 0.717) is 28.8 Å². The van der Waals surface area contributed by atoms with Crippen molar-refractivity contribution in [3.63, 3.8) is 0 Å². The van der Waals surface area contributed by atoms with E-state index >= 15 is 0 Å². The Labute approximate surface area is 124 Å². The normalized spacial score (nSPS) is 10.2. The topological polar surface area (TPSA) is 57.1 Å². The summed E-state index contributed by atoms with van der Waals surface area (Å²) in [6, 6.07) is 3.57. The molecule has 0 radical (unpaired) electrons. The summed E-state index contributed by atoms with van der Waals surface area (Å²) in [5, 5.41) is 0. The minimum atomic E-state index is -0.00595. The molecule has 0 aromatic carbocycles. The molecule has 0 N–H and O–H groups in total. The van der Waals surface area contributed by atoms with E-state index < -0.39 is 0 Å². The van der Waals surface area contributed by atoms with Gasteiger partial charge in [-0.05, 0) is 32.1 Å². The number of rotatable bonds is 6. The van der Waals surface area contributed by atoms with Gasteiger partial charge in [-0.25, -0.2) is 9.97 Å². The van der Waals surface area contributed by atoms with E-state index in [-0.39, 0.29) is 6.10 Å². The van der Waals surface area contributed by atoms with Crippen LogP contribution in [0.15, 0.2) is 37.8 Å². The zero-order valence-electron chi connectivity index (χ0n) is 12.1. The molecule has 0 atom stereocenters. The quantitative estimate of drug-likeness (QED) is 0.808. The monoisotopic (exact) mass is 283 g/mol. The van der Waals surface area contributed by atoms with E-state index in [4.69, 9.17) is 9.47 Å². The van der Waals surface area contributed by atoms with Crippen molar-refractivity contribution < 1.29 is 9.47 Å². The summed E-state index contributed by atoms with van der Waals surface area (Å²) in [5.74, 6) is 1.37. The van der Waals surface area contributed by atoms with Crippen LogP contribution in [0.25, 0.3) is 12.2 Å². The molecular weight excluding hydrogens is 266 g/mol. The first-order valence-electron chi connectivity index (χ1n) is 6.55. The van der Waals surface area contributed by atoms with E-state index in [2.05, 4.69) is 28.1 Å². The summed E-state index contributed by atoms with van der Waals surface area (Å²) < 4.78 is 11.4. The van der Waals surface area contributed by atoms with E-state index in [9.17, 15) is 0 Å². The molecule has 0 aliphatic rings. The predicted octanol–water partition coefficient (Wildman–Crippen LogP) is 3.74. The standard InChI is InChI=1S/C16H17N3O2/c1-5-12-15(20-11(3)4)18-10-19-16(12)21-14-8-7-9-17-13(14)6-2/h5-11H,1-2H2,3-4H3. The highest BCUT2D eigenvalue weighted by molar-refractivity contribution is 5.60. The molecule has 2 rings (SSSR count). The zero-order chi connectivity index (χ0) is 15.2. The molecule has 0 spiro atoms. The maximum absolute atomic E-state index is 5.81. The van der Waals surface area contributed by atoms with Gasteiger partial charge in [0.2, 0.25) is 11.8 Å². The van der Waals surface area contributed by atoms with Gasteiger partial charge in [0, 0.05) is 6.20 Å². The summed E-state index contributed by atoms with van der Waals surface area (Å²) in [7, 11) is 0. The molecule has 0 saturated carbocycles. The van der Waals surface area contributed by atoms with Crippen molar-refractivity contribution in [1.29, 1.82) is 0 Å². The van der Waals surface area contributed by atoms with Crippen LogP contribution in [-0.4, -0.2) is 21.1 Å². The third-order valence-electron chi connectivity index (χ3n) is 2.56. The van der Waals surface area contributed by atoms with Crippen molar-refractivity contribution in [1.82, 2.24) is 15.0 Å². The van der Waals surface area contributed by atoms with Gasteiger partial charge >= 0.3 is 0 Å². The second-order valence-corrected chi connectivity index (χ2v) is 4.46. The lowest BCUT2D eigenvalue weighted by Crippen LogP contribution is -2.09. The second kappa shape index (κ2) is 6.65. The van der Waals surface area contributed by atoms with E-state index in [1.807, 2.05) is 13.8 Å². The lowest BCUT2D eigenvalue weighted by atomic mass is 10.3. The first-order valence-corrected chi connectivity index (χ1v) is 6.55. The highest BCUT2D eigenvalue weighted by Crippen LogP contribution is 2.30. The van der Waals surface area contributed by atoms with Gasteiger partial charge in [-0.1, -0.05) is 19.2 Å². The Balaban J connectivity index is 2.40. The Bertz CT molecular complexity index is 654. The highest BCUT2D eigenvalue weighted by Gasteiger charge is 2.14. The third kappa shape index (κ3) is 3.45. The summed E-state index contributed by atoms with van der Waals surface area (Å²) >= 11 is 0. The molecule has 5 nitrogen and oxygen atoms in total. The Kier molecular flexibility index (Phi) is 4.66. The molecule has 0 aliphatic heterocycles. The maximum Gasteiger partial charge on any atom is 0.233 e. The van der Waals surface area contributed by atoms with Gasteiger partial charge < -0.3 is 9.47 Å². The van der Waals surface area contributed by atoms with Gasteiger partial charge in [0.05, 0.1) is 11.7 Å². The van der Waals surface area contributed by atoms with Crippen LogP contribution < -0.4 is 9.47 Å². The zero-order valence-corrected chi connectivity index (χ0v) is 12.1. The minimum absolute atomic E-state index is 0.00595. The highest BCUT2D eigenvalue weighted by atomic mass is 16.5. The fraction of sp³-hybridized carbons (Fsp3) is 0.188. The fourth-order valence-corrected chi connectivity index (χ4v) is 1.68. The number of ether oxygens (including phenoxy) is 2. The lowest BCUT2D eigenvalue weighted by molar-refractivity contribution is 0.230. The van der Waals surface area contributed by atoms with Crippen molar-refractivity contribution in [2.75, 3.05) is 0 Å². The van der Waals surface area contributed by atoms with Crippen LogP contribution in [-0.2, 0) is 0 Å². The molecule has 2 heterocycles. The number of hydrogen-bond acceptors (Lipinski definition) is 5.